The van der Waals surface area contributed by atoms with E-state index in [4.69, 9.17) is 5.10 Å². The highest BCUT2D eigenvalue weighted by Gasteiger charge is 2.27. The molecule has 0 saturated heterocycles. The summed E-state index contributed by atoms with van der Waals surface area (Å²) in [7, 11) is 0. The Morgan fingerprint density at radius 3 is 2.57 bits per heavy atom. The van der Waals surface area contributed by atoms with Gasteiger partial charge in [0.2, 0.25) is 0 Å². The van der Waals surface area contributed by atoms with Crippen LogP contribution in [0.4, 0.5) is 0 Å². The number of nitrogens with one attached hydrogen (secondary N) is 1. The summed E-state index contributed by atoms with van der Waals surface area (Å²) in [5.41, 5.74) is 5.87. The number of hydrogen-bond donors (Lipinski definition) is 1. The molecule has 6 nitrogen and oxygen atoms in total. The molecule has 1 amide bonds. The van der Waals surface area contributed by atoms with Crippen LogP contribution in [0.1, 0.15) is 46.7 Å². The predicted octanol–water partition coefficient (Wildman–Crippen LogP) is 4.04. The van der Waals surface area contributed by atoms with E-state index in [1.807, 2.05) is 77.0 Å². The standard InChI is InChI=1S/C24H23N5O/c1-17(18-10-12-19(13-11-18)28-15-14-25-16-28)26-24(30)23-21-8-5-9-22(21)29(27-23)20-6-3-2-4-7-20/h2-4,6-7,10-17H,5,8-9H2,1H3,(H,26,30). The quantitative estimate of drug-likeness (QED) is 0.553. The van der Waals surface area contributed by atoms with E-state index in [0.717, 1.165) is 47.5 Å². The van der Waals surface area contributed by atoms with Gasteiger partial charge in [-0.05, 0) is 56.0 Å². The Hall–Kier alpha value is -3.67. The monoisotopic (exact) mass is 397 g/mol. The molecule has 2 aromatic carbocycles. The van der Waals surface area contributed by atoms with Gasteiger partial charge in [-0.3, -0.25) is 4.79 Å². The molecule has 2 aromatic heterocycles. The molecule has 1 unspecified atom stereocenters. The number of benzene rings is 2. The van der Waals surface area contributed by atoms with Gasteiger partial charge in [-0.15, -0.1) is 0 Å². The molecule has 4 aromatic rings. The number of carbonyl (C=O) groups is 1. The van der Waals surface area contributed by atoms with Crippen molar-refractivity contribution in [3.63, 3.8) is 0 Å². The van der Waals surface area contributed by atoms with Crippen LogP contribution >= 0.6 is 0 Å². The lowest BCUT2D eigenvalue weighted by Crippen LogP contribution is -2.28. The fraction of sp³-hybridized carbons (Fsp3) is 0.208. The van der Waals surface area contributed by atoms with Crippen molar-refractivity contribution in [2.45, 2.75) is 32.2 Å². The molecule has 1 aliphatic rings. The van der Waals surface area contributed by atoms with Crippen molar-refractivity contribution in [1.82, 2.24) is 24.6 Å². The van der Waals surface area contributed by atoms with Crippen LogP contribution in [0.15, 0.2) is 73.3 Å². The van der Waals surface area contributed by atoms with Crippen LogP contribution < -0.4 is 5.32 Å². The third-order valence-corrected chi connectivity index (χ3v) is 5.69. The van der Waals surface area contributed by atoms with E-state index in [-0.39, 0.29) is 11.9 Å². The SMILES string of the molecule is CC(NC(=O)c1nn(-c2ccccc2)c2c1CCC2)c1ccc(-n2ccnc2)cc1. The van der Waals surface area contributed by atoms with Crippen LogP contribution in [-0.2, 0) is 12.8 Å². The first-order valence-electron chi connectivity index (χ1n) is 10.3. The van der Waals surface area contributed by atoms with Gasteiger partial charge in [0.25, 0.3) is 5.91 Å². The zero-order valence-corrected chi connectivity index (χ0v) is 16.8. The Morgan fingerprint density at radius 1 is 1.03 bits per heavy atom. The molecule has 0 bridgehead atoms. The minimum absolute atomic E-state index is 0.117. The molecular formula is C24H23N5O. The van der Waals surface area contributed by atoms with Crippen molar-refractivity contribution in [3.05, 3.63) is 95.8 Å². The van der Waals surface area contributed by atoms with Crippen molar-refractivity contribution in [2.75, 3.05) is 0 Å². The highest BCUT2D eigenvalue weighted by atomic mass is 16.2. The van der Waals surface area contributed by atoms with Crippen LogP contribution in [-0.4, -0.2) is 25.2 Å². The first-order chi connectivity index (χ1) is 14.7. The highest BCUT2D eigenvalue weighted by Crippen LogP contribution is 2.28. The summed E-state index contributed by atoms with van der Waals surface area (Å²) in [6, 6.07) is 18.0. The maximum absolute atomic E-state index is 13.1. The van der Waals surface area contributed by atoms with E-state index < -0.39 is 0 Å². The van der Waals surface area contributed by atoms with E-state index >= 15 is 0 Å². The first-order valence-corrected chi connectivity index (χ1v) is 10.3. The molecule has 1 N–H and O–H groups in total. The van der Waals surface area contributed by atoms with E-state index in [1.54, 1.807) is 12.5 Å². The van der Waals surface area contributed by atoms with Crippen LogP contribution in [0.3, 0.4) is 0 Å². The predicted molar refractivity (Wildman–Crippen MR) is 115 cm³/mol. The number of nitrogens with zero attached hydrogens (tertiary/aromatic N) is 4. The minimum atomic E-state index is -0.117. The van der Waals surface area contributed by atoms with Gasteiger partial charge in [-0.1, -0.05) is 30.3 Å². The van der Waals surface area contributed by atoms with Crippen LogP contribution in [0, 0.1) is 0 Å². The maximum Gasteiger partial charge on any atom is 0.272 e. The number of rotatable bonds is 5. The average molecular weight is 397 g/mol. The van der Waals surface area contributed by atoms with Crippen LogP contribution in [0.25, 0.3) is 11.4 Å². The van der Waals surface area contributed by atoms with Crippen LogP contribution in [0.2, 0.25) is 0 Å². The number of aromatic nitrogens is 4. The summed E-state index contributed by atoms with van der Waals surface area (Å²) in [5, 5.41) is 7.82. The average Bonchev–Trinajstić information content (AvgIpc) is 3.52. The van der Waals surface area contributed by atoms with Gasteiger partial charge in [0.15, 0.2) is 5.69 Å². The summed E-state index contributed by atoms with van der Waals surface area (Å²) in [4.78, 5) is 17.2. The number of amides is 1. The molecule has 0 saturated carbocycles. The summed E-state index contributed by atoms with van der Waals surface area (Å²) in [6.07, 6.45) is 8.34. The zero-order valence-electron chi connectivity index (χ0n) is 16.8. The van der Waals surface area contributed by atoms with E-state index in [9.17, 15) is 4.79 Å². The van der Waals surface area contributed by atoms with Crippen molar-refractivity contribution >= 4 is 5.91 Å². The molecule has 1 atom stereocenters. The Bertz CT molecular complexity index is 1160. The minimum Gasteiger partial charge on any atom is -0.344 e. The summed E-state index contributed by atoms with van der Waals surface area (Å²) < 4.78 is 3.88. The van der Waals surface area contributed by atoms with Crippen molar-refractivity contribution < 1.29 is 4.79 Å². The van der Waals surface area contributed by atoms with Gasteiger partial charge in [0, 0.05) is 29.3 Å². The van der Waals surface area contributed by atoms with Gasteiger partial charge in [-0.2, -0.15) is 5.10 Å². The fourth-order valence-corrected chi connectivity index (χ4v) is 4.10. The van der Waals surface area contributed by atoms with E-state index in [0.29, 0.717) is 5.69 Å². The topological polar surface area (TPSA) is 64.7 Å². The number of fused-ring (bicyclic) bond motifs is 1. The van der Waals surface area contributed by atoms with Gasteiger partial charge >= 0.3 is 0 Å². The number of para-hydroxylation sites is 1. The summed E-state index contributed by atoms with van der Waals surface area (Å²) in [5.74, 6) is -0.117. The van der Waals surface area contributed by atoms with Gasteiger partial charge < -0.3 is 9.88 Å². The molecule has 6 heteroatoms. The maximum atomic E-state index is 13.1. The lowest BCUT2D eigenvalue weighted by Gasteiger charge is -2.14. The van der Waals surface area contributed by atoms with E-state index in [2.05, 4.69) is 10.3 Å². The van der Waals surface area contributed by atoms with Gasteiger partial charge in [0.05, 0.1) is 18.1 Å². The van der Waals surface area contributed by atoms with Gasteiger partial charge in [-0.25, -0.2) is 9.67 Å². The third-order valence-electron chi connectivity index (χ3n) is 5.69. The first kappa shape index (κ1) is 18.4. The molecule has 30 heavy (non-hydrogen) atoms. The molecule has 150 valence electrons. The van der Waals surface area contributed by atoms with Crippen molar-refractivity contribution in [2.24, 2.45) is 0 Å². The second kappa shape index (κ2) is 7.63. The third kappa shape index (κ3) is 3.30. The molecule has 0 fully saturated rings. The molecule has 1 aliphatic carbocycles. The normalized spacial score (nSPS) is 13.8. The number of imidazole rings is 1. The van der Waals surface area contributed by atoms with Crippen LogP contribution in [0.5, 0.6) is 0 Å². The Morgan fingerprint density at radius 2 is 1.83 bits per heavy atom. The van der Waals surface area contributed by atoms with Crippen molar-refractivity contribution in [3.8, 4) is 11.4 Å². The molecule has 5 rings (SSSR count). The van der Waals surface area contributed by atoms with Gasteiger partial charge in [0.1, 0.15) is 0 Å². The number of carbonyl (C=O) groups excluding carboxylic acids is 1. The Balaban J connectivity index is 1.37. The molecule has 0 aliphatic heterocycles. The smallest absolute Gasteiger partial charge is 0.272 e. The highest BCUT2D eigenvalue weighted by molar-refractivity contribution is 5.94. The van der Waals surface area contributed by atoms with Crippen molar-refractivity contribution in [1.29, 1.82) is 0 Å². The summed E-state index contributed by atoms with van der Waals surface area (Å²) in [6.45, 7) is 2.00. The second-order valence-electron chi connectivity index (χ2n) is 7.63. The molecule has 0 radical (unpaired) electrons. The van der Waals surface area contributed by atoms with E-state index in [1.165, 1.54) is 0 Å². The Kier molecular flexibility index (Phi) is 4.67. The lowest BCUT2D eigenvalue weighted by molar-refractivity contribution is 0.0933. The molecule has 2 heterocycles. The Labute approximate surface area is 175 Å². The zero-order chi connectivity index (χ0) is 20.5. The largest absolute Gasteiger partial charge is 0.344 e. The molecule has 0 spiro atoms. The lowest BCUT2D eigenvalue weighted by atomic mass is 10.1. The number of hydrogen-bond acceptors (Lipinski definition) is 3. The molecular weight excluding hydrogens is 374 g/mol. The summed E-state index contributed by atoms with van der Waals surface area (Å²) >= 11 is 0. The fourth-order valence-electron chi connectivity index (χ4n) is 4.10. The second-order valence-corrected chi connectivity index (χ2v) is 7.63.